The van der Waals surface area contributed by atoms with Gasteiger partial charge in [-0.15, -0.1) is 0 Å². The number of carbonyl (C=O) groups is 1. The van der Waals surface area contributed by atoms with E-state index in [9.17, 15) is 18.0 Å². The van der Waals surface area contributed by atoms with Crippen LogP contribution in [0.4, 0.5) is 24.8 Å². The fourth-order valence-corrected chi connectivity index (χ4v) is 3.35. The Labute approximate surface area is 176 Å². The SMILES string of the molecule is CC[C@H](C)[C@H](Nc1ccnc(C2CNc3ncc(Cl)cc32)n1)C(=O)NCC(F)(F)F. The minimum absolute atomic E-state index is 0.186. The Bertz CT molecular complexity index is 910. The highest BCUT2D eigenvalue weighted by molar-refractivity contribution is 6.30. The van der Waals surface area contributed by atoms with Crippen LogP contribution < -0.4 is 16.0 Å². The molecule has 1 amide bonds. The summed E-state index contributed by atoms with van der Waals surface area (Å²) >= 11 is 6.06. The second kappa shape index (κ2) is 9.03. The summed E-state index contributed by atoms with van der Waals surface area (Å²) in [7, 11) is 0. The Kier molecular flexibility index (Phi) is 6.64. The molecule has 0 spiro atoms. The molecular formula is C19H22ClF3N6O. The Morgan fingerprint density at radius 2 is 2.17 bits per heavy atom. The van der Waals surface area contributed by atoms with Gasteiger partial charge in [-0.1, -0.05) is 31.9 Å². The molecule has 2 aromatic heterocycles. The van der Waals surface area contributed by atoms with Crippen molar-refractivity contribution in [1.29, 1.82) is 0 Å². The van der Waals surface area contributed by atoms with Crippen LogP contribution in [0.1, 0.15) is 37.6 Å². The molecule has 0 saturated carbocycles. The van der Waals surface area contributed by atoms with E-state index >= 15 is 0 Å². The zero-order valence-electron chi connectivity index (χ0n) is 16.4. The molecule has 30 heavy (non-hydrogen) atoms. The molecule has 0 aliphatic carbocycles. The van der Waals surface area contributed by atoms with Gasteiger partial charge in [-0.05, 0) is 18.1 Å². The molecule has 3 rings (SSSR count). The van der Waals surface area contributed by atoms with Gasteiger partial charge in [0.05, 0.1) is 10.9 Å². The summed E-state index contributed by atoms with van der Waals surface area (Å²) in [5, 5.41) is 8.58. The zero-order valence-corrected chi connectivity index (χ0v) is 17.2. The molecule has 0 bridgehead atoms. The molecule has 0 saturated heterocycles. The van der Waals surface area contributed by atoms with Crippen molar-refractivity contribution in [3.63, 3.8) is 0 Å². The topological polar surface area (TPSA) is 91.8 Å². The van der Waals surface area contributed by atoms with Crippen LogP contribution >= 0.6 is 11.6 Å². The number of nitrogens with zero attached hydrogens (tertiary/aromatic N) is 3. The van der Waals surface area contributed by atoms with Gasteiger partial charge in [0, 0.05) is 24.5 Å². The molecule has 7 nitrogen and oxygen atoms in total. The maximum atomic E-state index is 12.5. The van der Waals surface area contributed by atoms with E-state index in [2.05, 4.69) is 25.6 Å². The van der Waals surface area contributed by atoms with Gasteiger partial charge >= 0.3 is 6.18 Å². The van der Waals surface area contributed by atoms with Gasteiger partial charge in [0.1, 0.15) is 30.0 Å². The van der Waals surface area contributed by atoms with Crippen LogP contribution in [0.25, 0.3) is 0 Å². The molecule has 0 fully saturated rings. The number of pyridine rings is 1. The van der Waals surface area contributed by atoms with E-state index in [1.807, 2.05) is 12.2 Å². The number of nitrogens with one attached hydrogen (secondary N) is 3. The molecule has 0 aromatic carbocycles. The first-order valence-electron chi connectivity index (χ1n) is 9.51. The lowest BCUT2D eigenvalue weighted by molar-refractivity contribution is -0.139. The van der Waals surface area contributed by atoms with Crippen molar-refractivity contribution in [2.75, 3.05) is 23.7 Å². The van der Waals surface area contributed by atoms with Crippen LogP contribution in [0.2, 0.25) is 5.02 Å². The van der Waals surface area contributed by atoms with E-state index in [1.165, 1.54) is 0 Å². The summed E-state index contributed by atoms with van der Waals surface area (Å²) in [4.78, 5) is 25.5. The van der Waals surface area contributed by atoms with Gasteiger partial charge in [0.2, 0.25) is 5.91 Å². The molecule has 3 heterocycles. The Morgan fingerprint density at radius 1 is 1.40 bits per heavy atom. The highest BCUT2D eigenvalue weighted by Gasteiger charge is 2.32. The first kappa shape index (κ1) is 22.1. The van der Waals surface area contributed by atoms with Crippen LogP contribution in [-0.2, 0) is 4.79 Å². The first-order chi connectivity index (χ1) is 14.2. The number of hydrogen-bond donors (Lipinski definition) is 3. The summed E-state index contributed by atoms with van der Waals surface area (Å²) in [5.74, 6) is 0.425. The molecule has 11 heteroatoms. The normalized spacial score (nSPS) is 17.6. The number of hydrogen-bond acceptors (Lipinski definition) is 6. The summed E-state index contributed by atoms with van der Waals surface area (Å²) in [6.45, 7) is 2.80. The molecule has 1 aliphatic heterocycles. The lowest BCUT2D eigenvalue weighted by Gasteiger charge is -2.24. The summed E-state index contributed by atoms with van der Waals surface area (Å²) in [6, 6.07) is 2.50. The van der Waals surface area contributed by atoms with E-state index in [0.29, 0.717) is 35.4 Å². The largest absolute Gasteiger partial charge is 0.405 e. The van der Waals surface area contributed by atoms with E-state index in [1.54, 1.807) is 31.5 Å². The molecule has 162 valence electrons. The predicted molar refractivity (Wildman–Crippen MR) is 108 cm³/mol. The summed E-state index contributed by atoms with van der Waals surface area (Å²) in [5.41, 5.74) is 0.862. The van der Waals surface area contributed by atoms with Gasteiger partial charge in [-0.25, -0.2) is 15.0 Å². The number of fused-ring (bicyclic) bond motifs is 1. The average Bonchev–Trinajstić information content (AvgIpc) is 3.12. The first-order valence-corrected chi connectivity index (χ1v) is 9.89. The third kappa shape index (κ3) is 5.29. The number of carbonyl (C=O) groups excluding carboxylic acids is 1. The maximum Gasteiger partial charge on any atom is 0.405 e. The van der Waals surface area contributed by atoms with Crippen LogP contribution in [-0.4, -0.2) is 46.2 Å². The second-order valence-electron chi connectivity index (χ2n) is 7.17. The number of alkyl halides is 3. The van der Waals surface area contributed by atoms with Crippen LogP contribution in [0.5, 0.6) is 0 Å². The van der Waals surface area contributed by atoms with Crippen molar-refractivity contribution in [1.82, 2.24) is 20.3 Å². The lowest BCUT2D eigenvalue weighted by Crippen LogP contribution is -2.46. The van der Waals surface area contributed by atoms with Gasteiger partial charge in [0.25, 0.3) is 0 Å². The molecule has 3 atom stereocenters. The number of halogens is 4. The highest BCUT2D eigenvalue weighted by Crippen LogP contribution is 2.34. The second-order valence-corrected chi connectivity index (χ2v) is 7.60. The van der Waals surface area contributed by atoms with Gasteiger partial charge in [-0.2, -0.15) is 13.2 Å². The fourth-order valence-electron chi connectivity index (χ4n) is 3.19. The lowest BCUT2D eigenvalue weighted by atomic mass is 9.98. The molecular weight excluding hydrogens is 421 g/mol. The van der Waals surface area contributed by atoms with Crippen molar-refractivity contribution in [2.24, 2.45) is 5.92 Å². The monoisotopic (exact) mass is 442 g/mol. The molecule has 1 unspecified atom stereocenters. The van der Waals surface area contributed by atoms with Gasteiger partial charge < -0.3 is 16.0 Å². The molecule has 1 aliphatic rings. The number of amides is 1. The van der Waals surface area contributed by atoms with E-state index in [-0.39, 0.29) is 11.8 Å². The smallest absolute Gasteiger partial charge is 0.369 e. The Morgan fingerprint density at radius 3 is 2.87 bits per heavy atom. The van der Waals surface area contributed by atoms with Crippen LogP contribution in [0.3, 0.4) is 0 Å². The minimum Gasteiger partial charge on any atom is -0.369 e. The van der Waals surface area contributed by atoms with E-state index < -0.39 is 24.7 Å². The molecule has 3 N–H and O–H groups in total. The number of anilines is 2. The van der Waals surface area contributed by atoms with Crippen LogP contribution in [0, 0.1) is 5.92 Å². The fraction of sp³-hybridized carbons (Fsp3) is 0.474. The predicted octanol–water partition coefficient (Wildman–Crippen LogP) is 3.59. The zero-order chi connectivity index (χ0) is 21.9. The Balaban J connectivity index is 1.79. The van der Waals surface area contributed by atoms with Crippen molar-refractivity contribution in [3.05, 3.63) is 40.9 Å². The summed E-state index contributed by atoms with van der Waals surface area (Å²) < 4.78 is 37.5. The number of rotatable bonds is 7. The van der Waals surface area contributed by atoms with Crippen molar-refractivity contribution in [3.8, 4) is 0 Å². The number of aromatic nitrogens is 3. The van der Waals surface area contributed by atoms with E-state index in [0.717, 1.165) is 5.56 Å². The van der Waals surface area contributed by atoms with Crippen LogP contribution in [0.15, 0.2) is 24.5 Å². The highest BCUT2D eigenvalue weighted by atomic mass is 35.5. The van der Waals surface area contributed by atoms with Gasteiger partial charge in [-0.3, -0.25) is 4.79 Å². The third-order valence-corrected chi connectivity index (χ3v) is 5.19. The Hall–Kier alpha value is -2.62. The van der Waals surface area contributed by atoms with Crippen molar-refractivity contribution >= 4 is 29.1 Å². The minimum atomic E-state index is -4.48. The standard InChI is InChI=1S/C19H22ClF3N6O/c1-3-10(2)15(18(30)27-9-19(21,22)23)28-14-4-5-24-17(29-14)13-8-26-16-12(13)6-11(20)7-25-16/h4-7,10,13,15H,3,8-9H2,1-2H3,(H,25,26)(H,27,30)(H,24,28,29)/t10-,13?,15-/m0/s1. The van der Waals surface area contributed by atoms with Gasteiger partial charge in [0.15, 0.2) is 0 Å². The van der Waals surface area contributed by atoms with Crippen molar-refractivity contribution < 1.29 is 18.0 Å². The maximum absolute atomic E-state index is 12.5. The van der Waals surface area contributed by atoms with Crippen molar-refractivity contribution in [2.45, 2.75) is 38.4 Å². The quantitative estimate of drug-likeness (QED) is 0.607. The average molecular weight is 443 g/mol. The third-order valence-electron chi connectivity index (χ3n) is 4.98. The molecule has 2 aromatic rings. The summed E-state index contributed by atoms with van der Waals surface area (Å²) in [6.07, 6.45) is -0.790. The van der Waals surface area contributed by atoms with E-state index in [4.69, 9.17) is 11.6 Å². The molecule has 0 radical (unpaired) electrons.